The van der Waals surface area contributed by atoms with Gasteiger partial charge in [-0.25, -0.2) is 9.78 Å². The minimum atomic E-state index is -0.964. The summed E-state index contributed by atoms with van der Waals surface area (Å²) in [4.78, 5) is 30.3. The number of imidazole rings is 1. The van der Waals surface area contributed by atoms with Crippen molar-refractivity contribution in [2.24, 2.45) is 0 Å². The van der Waals surface area contributed by atoms with E-state index in [2.05, 4.69) is 15.3 Å². The number of anilines is 1. The number of nitrogens with one attached hydrogen (secondary N) is 2. The average molecular weight is 350 g/mol. The van der Waals surface area contributed by atoms with Gasteiger partial charge in [-0.1, -0.05) is 24.6 Å². The molecular formula is C15H12ClN3O3S. The number of carboxylic acid groups (broad SMARTS) is 1. The minimum absolute atomic E-state index is 0.143. The van der Waals surface area contributed by atoms with Crippen molar-refractivity contribution in [3.63, 3.8) is 0 Å². The predicted molar refractivity (Wildman–Crippen MR) is 89.7 cm³/mol. The third-order valence-electron chi connectivity index (χ3n) is 3.29. The van der Waals surface area contributed by atoms with Crippen LogP contribution in [0.5, 0.6) is 0 Å². The van der Waals surface area contributed by atoms with Gasteiger partial charge in [-0.2, -0.15) is 0 Å². The highest BCUT2D eigenvalue weighted by atomic mass is 35.5. The molecule has 23 heavy (non-hydrogen) atoms. The molecule has 0 aliphatic carbocycles. The molecule has 6 nitrogen and oxygen atoms in total. The first-order valence-electron chi connectivity index (χ1n) is 6.80. The molecule has 0 saturated carbocycles. The van der Waals surface area contributed by atoms with Crippen LogP contribution in [0.4, 0.5) is 5.69 Å². The maximum atomic E-state index is 12.2. The van der Waals surface area contributed by atoms with Crippen LogP contribution in [-0.4, -0.2) is 27.0 Å². The second-order valence-electron chi connectivity index (χ2n) is 4.83. The van der Waals surface area contributed by atoms with Crippen LogP contribution in [0.25, 0.3) is 10.1 Å². The zero-order valence-electron chi connectivity index (χ0n) is 12.0. The van der Waals surface area contributed by atoms with Crippen molar-refractivity contribution >= 4 is 50.6 Å². The van der Waals surface area contributed by atoms with Gasteiger partial charge >= 0.3 is 5.97 Å². The van der Waals surface area contributed by atoms with Crippen molar-refractivity contribution in [2.45, 2.75) is 13.3 Å². The first kappa shape index (κ1) is 15.5. The fourth-order valence-corrected chi connectivity index (χ4v) is 3.34. The summed E-state index contributed by atoms with van der Waals surface area (Å²) in [6.45, 7) is 1.91. The van der Waals surface area contributed by atoms with Gasteiger partial charge in [0.15, 0.2) is 11.0 Å². The highest BCUT2D eigenvalue weighted by Crippen LogP contribution is 2.28. The molecule has 3 N–H and O–H groups in total. The molecule has 0 unspecified atom stereocenters. The number of aryl methyl sites for hydroxylation is 1. The molecule has 0 aliphatic heterocycles. The first-order chi connectivity index (χ1) is 11.0. The lowest BCUT2D eigenvalue weighted by Gasteiger charge is -2.03. The van der Waals surface area contributed by atoms with Gasteiger partial charge < -0.3 is 15.4 Å². The summed E-state index contributed by atoms with van der Waals surface area (Å²) in [5, 5.41) is 12.8. The normalized spacial score (nSPS) is 10.9. The number of amides is 1. The molecule has 118 valence electrons. The minimum Gasteiger partial charge on any atom is -0.477 e. The molecule has 1 amide bonds. The first-order valence-corrected chi connectivity index (χ1v) is 8.00. The Bertz CT molecular complexity index is 916. The standard InChI is InChI=1S/C15H12ClN3O3S/c1-2-9-12(16)19-13(18-9)14(20)17-8-4-3-7-5-11(15(21)22)23-10(7)6-8/h3-6H,2H2,1H3,(H,17,20)(H,18,19)(H,21,22). The summed E-state index contributed by atoms with van der Waals surface area (Å²) in [5.41, 5.74) is 1.27. The number of thiophene rings is 1. The number of benzene rings is 1. The summed E-state index contributed by atoms with van der Waals surface area (Å²) in [7, 11) is 0. The van der Waals surface area contributed by atoms with Crippen molar-refractivity contribution in [1.29, 1.82) is 0 Å². The number of H-pyrrole nitrogens is 1. The van der Waals surface area contributed by atoms with E-state index >= 15 is 0 Å². The van der Waals surface area contributed by atoms with E-state index in [-0.39, 0.29) is 15.9 Å². The molecule has 0 fully saturated rings. The van der Waals surface area contributed by atoms with Crippen molar-refractivity contribution in [1.82, 2.24) is 9.97 Å². The summed E-state index contributed by atoms with van der Waals surface area (Å²) >= 11 is 7.08. The van der Waals surface area contributed by atoms with Crippen LogP contribution in [0.3, 0.4) is 0 Å². The van der Waals surface area contributed by atoms with Crippen LogP contribution < -0.4 is 5.32 Å². The van der Waals surface area contributed by atoms with E-state index in [1.165, 1.54) is 0 Å². The molecule has 3 rings (SSSR count). The van der Waals surface area contributed by atoms with Crippen molar-refractivity contribution in [2.75, 3.05) is 5.32 Å². The highest BCUT2D eigenvalue weighted by Gasteiger charge is 2.15. The Labute approximate surface area is 140 Å². The van der Waals surface area contributed by atoms with Gasteiger partial charge in [0, 0.05) is 10.4 Å². The number of carbonyl (C=O) groups is 2. The number of rotatable bonds is 4. The van der Waals surface area contributed by atoms with E-state index < -0.39 is 11.9 Å². The summed E-state index contributed by atoms with van der Waals surface area (Å²) in [6.07, 6.45) is 0.651. The molecule has 2 aromatic heterocycles. The Morgan fingerprint density at radius 3 is 2.83 bits per heavy atom. The summed E-state index contributed by atoms with van der Waals surface area (Å²) in [6, 6.07) is 6.81. The molecule has 0 aliphatic rings. The van der Waals surface area contributed by atoms with E-state index in [0.29, 0.717) is 17.8 Å². The van der Waals surface area contributed by atoms with E-state index in [1.54, 1.807) is 24.3 Å². The van der Waals surface area contributed by atoms with Crippen molar-refractivity contribution in [3.05, 3.63) is 45.8 Å². The van der Waals surface area contributed by atoms with Crippen LogP contribution in [0, 0.1) is 0 Å². The molecule has 1 aromatic carbocycles. The molecule has 3 aromatic rings. The Kier molecular flexibility index (Phi) is 4.06. The van der Waals surface area contributed by atoms with Crippen LogP contribution in [0.15, 0.2) is 24.3 Å². The number of fused-ring (bicyclic) bond motifs is 1. The number of halogens is 1. The Balaban J connectivity index is 1.85. The van der Waals surface area contributed by atoms with Crippen molar-refractivity contribution in [3.8, 4) is 0 Å². The largest absolute Gasteiger partial charge is 0.477 e. The maximum absolute atomic E-state index is 12.2. The summed E-state index contributed by atoms with van der Waals surface area (Å²) in [5.74, 6) is -1.22. The van der Waals surface area contributed by atoms with Gasteiger partial charge in [0.1, 0.15) is 4.88 Å². The number of hydrogen-bond donors (Lipinski definition) is 3. The second kappa shape index (κ2) is 6.02. The number of nitrogens with zero attached hydrogens (tertiary/aromatic N) is 1. The SMILES string of the molecule is CCc1[nH]c(C(=O)Nc2ccc3cc(C(=O)O)sc3c2)nc1Cl. The van der Waals surface area contributed by atoms with Crippen LogP contribution in [0.2, 0.25) is 5.15 Å². The van der Waals surface area contributed by atoms with E-state index in [1.807, 2.05) is 6.92 Å². The number of aromatic amines is 1. The Morgan fingerprint density at radius 2 is 2.17 bits per heavy atom. The maximum Gasteiger partial charge on any atom is 0.345 e. The number of aromatic nitrogens is 2. The monoisotopic (exact) mass is 349 g/mol. The molecule has 8 heteroatoms. The Morgan fingerprint density at radius 1 is 1.39 bits per heavy atom. The molecule has 0 bridgehead atoms. The molecule has 2 heterocycles. The molecule has 0 atom stereocenters. The topological polar surface area (TPSA) is 95.1 Å². The number of hydrogen-bond acceptors (Lipinski definition) is 4. The van der Waals surface area contributed by atoms with Gasteiger partial charge in [-0.3, -0.25) is 4.79 Å². The zero-order valence-corrected chi connectivity index (χ0v) is 13.6. The lowest BCUT2D eigenvalue weighted by molar-refractivity contribution is 0.0702. The van der Waals surface area contributed by atoms with Crippen LogP contribution in [-0.2, 0) is 6.42 Å². The lowest BCUT2D eigenvalue weighted by atomic mass is 10.2. The third-order valence-corrected chi connectivity index (χ3v) is 4.68. The molecule has 0 radical (unpaired) electrons. The number of carboxylic acids is 1. The summed E-state index contributed by atoms with van der Waals surface area (Å²) < 4.78 is 0.784. The smallest absolute Gasteiger partial charge is 0.345 e. The van der Waals surface area contributed by atoms with Crippen LogP contribution >= 0.6 is 22.9 Å². The van der Waals surface area contributed by atoms with E-state index in [0.717, 1.165) is 21.4 Å². The average Bonchev–Trinajstić information content (AvgIpc) is 3.10. The highest BCUT2D eigenvalue weighted by molar-refractivity contribution is 7.20. The van der Waals surface area contributed by atoms with Crippen LogP contribution in [0.1, 0.15) is 32.9 Å². The van der Waals surface area contributed by atoms with Gasteiger partial charge in [0.2, 0.25) is 0 Å². The van der Waals surface area contributed by atoms with Gasteiger partial charge in [-0.05, 0) is 30.0 Å². The third kappa shape index (κ3) is 3.06. The fourth-order valence-electron chi connectivity index (χ4n) is 2.13. The quantitative estimate of drug-likeness (QED) is 0.667. The predicted octanol–water partition coefficient (Wildman–Crippen LogP) is 3.79. The fraction of sp³-hybridized carbons (Fsp3) is 0.133. The molecule has 0 spiro atoms. The zero-order chi connectivity index (χ0) is 16.6. The van der Waals surface area contributed by atoms with E-state index in [9.17, 15) is 9.59 Å². The molecular weight excluding hydrogens is 338 g/mol. The van der Waals surface area contributed by atoms with Gasteiger partial charge in [-0.15, -0.1) is 11.3 Å². The second-order valence-corrected chi connectivity index (χ2v) is 6.27. The van der Waals surface area contributed by atoms with E-state index in [4.69, 9.17) is 16.7 Å². The lowest BCUT2D eigenvalue weighted by Crippen LogP contribution is -2.13. The van der Waals surface area contributed by atoms with Crippen molar-refractivity contribution < 1.29 is 14.7 Å². The van der Waals surface area contributed by atoms with Gasteiger partial charge in [0.05, 0.1) is 5.69 Å². The molecule has 0 saturated heterocycles. The number of aromatic carboxylic acids is 1. The Hall–Kier alpha value is -2.38. The number of carbonyl (C=O) groups excluding carboxylic acids is 1. The van der Waals surface area contributed by atoms with Gasteiger partial charge in [0.25, 0.3) is 5.91 Å².